The molecular weight excluding hydrogens is 247 g/mol. The van der Waals surface area contributed by atoms with Gasteiger partial charge in [-0.05, 0) is 30.9 Å². The fourth-order valence-electron chi connectivity index (χ4n) is 1.84. The van der Waals surface area contributed by atoms with E-state index in [0.29, 0.717) is 6.10 Å². The number of ether oxygens (including phenoxy) is 1. The lowest BCUT2D eigenvalue weighted by molar-refractivity contribution is 0.0983. The summed E-state index contributed by atoms with van der Waals surface area (Å²) in [5.74, 6) is 0. The van der Waals surface area contributed by atoms with E-state index in [4.69, 9.17) is 10.5 Å². The molecule has 3 nitrogen and oxygen atoms in total. The van der Waals surface area contributed by atoms with E-state index >= 15 is 0 Å². The monoisotopic (exact) mass is 264 g/mol. The van der Waals surface area contributed by atoms with Crippen LogP contribution in [0.3, 0.4) is 0 Å². The van der Waals surface area contributed by atoms with Crippen molar-refractivity contribution >= 4 is 24.8 Å². The number of nitrogens with zero attached hydrogens (tertiary/aromatic N) is 1. The Morgan fingerprint density at radius 1 is 1.50 bits per heavy atom. The van der Waals surface area contributed by atoms with Crippen molar-refractivity contribution in [1.82, 2.24) is 4.98 Å². The van der Waals surface area contributed by atoms with Gasteiger partial charge in [-0.2, -0.15) is 0 Å². The molecule has 2 heterocycles. The summed E-state index contributed by atoms with van der Waals surface area (Å²) in [5.41, 5.74) is 7.15. The number of hydrogen-bond donors (Lipinski definition) is 1. The largest absolute Gasteiger partial charge is 0.378 e. The van der Waals surface area contributed by atoms with Crippen molar-refractivity contribution in [2.45, 2.75) is 31.4 Å². The van der Waals surface area contributed by atoms with E-state index in [1.807, 2.05) is 18.3 Å². The van der Waals surface area contributed by atoms with Crippen LogP contribution in [0.1, 0.15) is 30.9 Å². The van der Waals surface area contributed by atoms with Crippen molar-refractivity contribution in [3.63, 3.8) is 0 Å². The van der Waals surface area contributed by atoms with E-state index < -0.39 is 0 Å². The van der Waals surface area contributed by atoms with Crippen LogP contribution in [0.25, 0.3) is 0 Å². The third-order valence-corrected chi connectivity index (χ3v) is 2.65. The minimum atomic E-state index is 0. The zero-order chi connectivity index (χ0) is 9.80. The molecular formula is C11H18Cl2N2O. The van der Waals surface area contributed by atoms with Crippen LogP contribution < -0.4 is 5.73 Å². The lowest BCUT2D eigenvalue weighted by Crippen LogP contribution is -2.18. The number of nitrogens with two attached hydrogens (primary N) is 1. The Morgan fingerprint density at radius 3 is 2.88 bits per heavy atom. The molecule has 0 spiro atoms. The SMILES string of the molecule is Cl.Cl.NC(CC1CCCO1)c1cccnc1. The zero-order valence-electron chi connectivity index (χ0n) is 9.04. The molecule has 2 rings (SSSR count). The molecule has 1 saturated heterocycles. The standard InChI is InChI=1S/C11H16N2O.2ClH/c12-11(7-10-4-2-6-14-10)9-3-1-5-13-8-9;;/h1,3,5,8,10-11H,2,4,6-7,12H2;2*1H. The fraction of sp³-hybridized carbons (Fsp3) is 0.545. The molecule has 2 unspecified atom stereocenters. The van der Waals surface area contributed by atoms with Crippen LogP contribution in [-0.2, 0) is 4.74 Å². The number of aromatic nitrogens is 1. The first-order valence-corrected chi connectivity index (χ1v) is 5.13. The Labute approximate surface area is 109 Å². The highest BCUT2D eigenvalue weighted by molar-refractivity contribution is 5.85. The smallest absolute Gasteiger partial charge is 0.0594 e. The molecule has 0 aliphatic carbocycles. The molecule has 0 radical (unpaired) electrons. The third kappa shape index (κ3) is 4.26. The van der Waals surface area contributed by atoms with Gasteiger partial charge in [-0.3, -0.25) is 4.98 Å². The summed E-state index contributed by atoms with van der Waals surface area (Å²) in [5, 5.41) is 0. The Balaban J connectivity index is 0.00000112. The molecule has 0 bridgehead atoms. The van der Waals surface area contributed by atoms with Crippen molar-refractivity contribution in [3.05, 3.63) is 30.1 Å². The van der Waals surface area contributed by atoms with E-state index in [1.54, 1.807) is 6.20 Å². The average molecular weight is 265 g/mol. The molecule has 16 heavy (non-hydrogen) atoms. The summed E-state index contributed by atoms with van der Waals surface area (Å²) in [7, 11) is 0. The molecule has 92 valence electrons. The minimum Gasteiger partial charge on any atom is -0.378 e. The number of hydrogen-bond acceptors (Lipinski definition) is 3. The van der Waals surface area contributed by atoms with Gasteiger partial charge in [0.1, 0.15) is 0 Å². The lowest BCUT2D eigenvalue weighted by atomic mass is 10.0. The molecule has 2 atom stereocenters. The Bertz CT molecular complexity index is 279. The van der Waals surface area contributed by atoms with Crippen molar-refractivity contribution in [2.75, 3.05) is 6.61 Å². The second-order valence-electron chi connectivity index (χ2n) is 3.76. The molecule has 1 aliphatic heterocycles. The summed E-state index contributed by atoms with van der Waals surface area (Å²) in [4.78, 5) is 4.06. The van der Waals surface area contributed by atoms with E-state index in [0.717, 1.165) is 25.0 Å². The normalized spacial score (nSPS) is 20.7. The summed E-state index contributed by atoms with van der Waals surface area (Å²) < 4.78 is 5.54. The molecule has 1 fully saturated rings. The highest BCUT2D eigenvalue weighted by Crippen LogP contribution is 2.22. The van der Waals surface area contributed by atoms with Gasteiger partial charge in [0.05, 0.1) is 6.10 Å². The van der Waals surface area contributed by atoms with Crippen LogP contribution in [0.4, 0.5) is 0 Å². The predicted molar refractivity (Wildman–Crippen MR) is 69.3 cm³/mol. The van der Waals surface area contributed by atoms with Gasteiger partial charge in [0, 0.05) is 25.0 Å². The maximum absolute atomic E-state index is 6.05. The maximum atomic E-state index is 6.05. The van der Waals surface area contributed by atoms with Crippen LogP contribution in [0.5, 0.6) is 0 Å². The topological polar surface area (TPSA) is 48.1 Å². The van der Waals surface area contributed by atoms with Crippen LogP contribution in [-0.4, -0.2) is 17.7 Å². The van der Waals surface area contributed by atoms with Crippen molar-refractivity contribution in [2.24, 2.45) is 5.73 Å². The first-order valence-electron chi connectivity index (χ1n) is 5.13. The van der Waals surface area contributed by atoms with Gasteiger partial charge in [-0.1, -0.05) is 6.07 Å². The second kappa shape index (κ2) is 7.85. The van der Waals surface area contributed by atoms with Gasteiger partial charge >= 0.3 is 0 Å². The second-order valence-corrected chi connectivity index (χ2v) is 3.76. The van der Waals surface area contributed by atoms with Crippen molar-refractivity contribution in [3.8, 4) is 0 Å². The fourth-order valence-corrected chi connectivity index (χ4v) is 1.84. The molecule has 1 aromatic rings. The summed E-state index contributed by atoms with van der Waals surface area (Å²) >= 11 is 0. The Kier molecular flexibility index (Phi) is 7.68. The van der Waals surface area contributed by atoms with E-state index in [2.05, 4.69) is 4.98 Å². The van der Waals surface area contributed by atoms with Gasteiger partial charge < -0.3 is 10.5 Å². The third-order valence-electron chi connectivity index (χ3n) is 2.65. The van der Waals surface area contributed by atoms with Crippen LogP contribution in [0, 0.1) is 0 Å². The molecule has 0 amide bonds. The molecule has 1 aromatic heterocycles. The number of rotatable bonds is 3. The Morgan fingerprint density at radius 2 is 2.31 bits per heavy atom. The van der Waals surface area contributed by atoms with Crippen LogP contribution in [0.15, 0.2) is 24.5 Å². The first-order chi connectivity index (χ1) is 6.86. The summed E-state index contributed by atoms with van der Waals surface area (Å²) in [6, 6.07) is 4.00. The van der Waals surface area contributed by atoms with Gasteiger partial charge in [0.15, 0.2) is 0 Å². The molecule has 1 aliphatic rings. The maximum Gasteiger partial charge on any atom is 0.0594 e. The highest BCUT2D eigenvalue weighted by Gasteiger charge is 2.19. The van der Waals surface area contributed by atoms with Crippen LogP contribution in [0.2, 0.25) is 0 Å². The molecule has 0 aromatic carbocycles. The number of halogens is 2. The average Bonchev–Trinajstić information content (AvgIpc) is 2.72. The highest BCUT2D eigenvalue weighted by atomic mass is 35.5. The minimum absolute atomic E-state index is 0. The molecule has 0 saturated carbocycles. The quantitative estimate of drug-likeness (QED) is 0.913. The first kappa shape index (κ1) is 15.7. The summed E-state index contributed by atoms with van der Waals surface area (Å²) in [6.07, 6.45) is 7.18. The van der Waals surface area contributed by atoms with E-state index in [-0.39, 0.29) is 30.9 Å². The zero-order valence-corrected chi connectivity index (χ0v) is 10.7. The predicted octanol–water partition coefficient (Wildman–Crippen LogP) is 2.49. The molecule has 5 heteroatoms. The van der Waals surface area contributed by atoms with Crippen LogP contribution >= 0.6 is 24.8 Å². The molecule has 2 N–H and O–H groups in total. The van der Waals surface area contributed by atoms with Gasteiger partial charge in [0.2, 0.25) is 0 Å². The Hall–Kier alpha value is -0.350. The van der Waals surface area contributed by atoms with Gasteiger partial charge in [0.25, 0.3) is 0 Å². The van der Waals surface area contributed by atoms with Gasteiger partial charge in [-0.25, -0.2) is 0 Å². The number of pyridine rings is 1. The van der Waals surface area contributed by atoms with Gasteiger partial charge in [-0.15, -0.1) is 24.8 Å². The van der Waals surface area contributed by atoms with E-state index in [1.165, 1.54) is 6.42 Å². The van der Waals surface area contributed by atoms with Crippen molar-refractivity contribution < 1.29 is 4.74 Å². The summed E-state index contributed by atoms with van der Waals surface area (Å²) in [6.45, 7) is 0.893. The van der Waals surface area contributed by atoms with E-state index in [9.17, 15) is 0 Å². The lowest BCUT2D eigenvalue weighted by Gasteiger charge is -2.15. The van der Waals surface area contributed by atoms with Crippen molar-refractivity contribution in [1.29, 1.82) is 0 Å².